The molecule has 1 atom stereocenters. The van der Waals surface area contributed by atoms with Crippen molar-refractivity contribution < 1.29 is 19.4 Å². The molecule has 2 aromatic heterocycles. The van der Waals surface area contributed by atoms with E-state index in [1.54, 1.807) is 6.20 Å². The fourth-order valence-corrected chi connectivity index (χ4v) is 5.29. The van der Waals surface area contributed by atoms with Crippen molar-refractivity contribution in [2.75, 3.05) is 18.0 Å². The second-order valence-corrected chi connectivity index (χ2v) is 12.7. The van der Waals surface area contributed by atoms with E-state index in [0.29, 0.717) is 28.8 Å². The molecule has 4 rings (SSSR count). The topological polar surface area (TPSA) is 84.8 Å². The molecule has 8 heteroatoms. The van der Waals surface area contributed by atoms with Gasteiger partial charge in [-0.25, -0.2) is 9.78 Å². The minimum Gasteiger partial charge on any atom is -0.479 e. The Labute approximate surface area is 242 Å². The Morgan fingerprint density at radius 2 is 1.80 bits per heavy atom. The number of carboxylic acids is 1. The van der Waals surface area contributed by atoms with Crippen LogP contribution in [0.5, 0.6) is 5.88 Å². The molecule has 0 spiro atoms. The van der Waals surface area contributed by atoms with Gasteiger partial charge in [-0.3, -0.25) is 4.98 Å². The Morgan fingerprint density at radius 3 is 2.38 bits per heavy atom. The highest BCUT2D eigenvalue weighted by molar-refractivity contribution is 6.31. The predicted octanol–water partition coefficient (Wildman–Crippen LogP) is 7.56. The van der Waals surface area contributed by atoms with Crippen molar-refractivity contribution in [3.8, 4) is 17.0 Å². The van der Waals surface area contributed by atoms with Crippen molar-refractivity contribution >= 4 is 23.3 Å². The number of nitrogens with zero attached hydrogens (tertiary/aromatic N) is 3. The van der Waals surface area contributed by atoms with Crippen molar-refractivity contribution in [3.63, 3.8) is 0 Å². The number of carbonyl (C=O) groups is 1. The van der Waals surface area contributed by atoms with Crippen molar-refractivity contribution in [2.24, 2.45) is 5.41 Å². The van der Waals surface area contributed by atoms with E-state index in [4.69, 9.17) is 21.1 Å². The van der Waals surface area contributed by atoms with Crippen LogP contribution in [0.1, 0.15) is 75.9 Å². The van der Waals surface area contributed by atoms with E-state index in [0.717, 1.165) is 53.9 Å². The molecule has 0 radical (unpaired) electrons. The average Bonchev–Trinajstić information content (AvgIpc) is 2.87. The number of hydrogen-bond donors (Lipinski definition) is 1. The number of ether oxygens (including phenoxy) is 2. The van der Waals surface area contributed by atoms with Crippen LogP contribution in [0.2, 0.25) is 5.02 Å². The van der Waals surface area contributed by atoms with E-state index >= 15 is 0 Å². The molecule has 1 saturated heterocycles. The lowest BCUT2D eigenvalue weighted by atomic mass is 9.82. The first-order valence-corrected chi connectivity index (χ1v) is 14.1. The summed E-state index contributed by atoms with van der Waals surface area (Å²) in [5.41, 5.74) is 5.29. The maximum absolute atomic E-state index is 12.6. The number of aromatic nitrogens is 2. The SMILES string of the molecule is Cc1cccc(Cl)c1COc1ccc(-c2cnc(C)c([C@H](OC(C)(C)C)C(=O)O)c2N2CCC(C)(C)CC2)cn1. The zero-order valence-electron chi connectivity index (χ0n) is 24.5. The van der Waals surface area contributed by atoms with Crippen LogP contribution in [0, 0.1) is 19.3 Å². The second-order valence-electron chi connectivity index (χ2n) is 12.3. The van der Waals surface area contributed by atoms with Crippen molar-refractivity contribution in [3.05, 3.63) is 70.1 Å². The smallest absolute Gasteiger partial charge is 0.337 e. The summed E-state index contributed by atoms with van der Waals surface area (Å²) in [7, 11) is 0. The lowest BCUT2D eigenvalue weighted by Gasteiger charge is -2.40. The predicted molar refractivity (Wildman–Crippen MR) is 159 cm³/mol. The van der Waals surface area contributed by atoms with Gasteiger partial charge < -0.3 is 19.5 Å². The number of aliphatic carboxylic acids is 1. The fraction of sp³-hybridized carbons (Fsp3) is 0.469. The van der Waals surface area contributed by atoms with Crippen molar-refractivity contribution in [1.29, 1.82) is 0 Å². The number of pyridine rings is 2. The van der Waals surface area contributed by atoms with Gasteiger partial charge in [-0.15, -0.1) is 0 Å². The van der Waals surface area contributed by atoms with E-state index in [1.807, 2.05) is 71.1 Å². The monoisotopic (exact) mass is 565 g/mol. The fourth-order valence-electron chi connectivity index (χ4n) is 5.02. The number of anilines is 1. The van der Waals surface area contributed by atoms with Crippen molar-refractivity contribution in [2.45, 2.75) is 79.6 Å². The molecule has 0 aliphatic carbocycles. The standard InChI is InChI=1S/C32H40ClN3O4/c1-20-9-8-10-25(33)24(20)19-39-26-12-11-22(17-35-26)23-18-34-21(2)27(29(30(37)38)40-31(3,4)5)28(23)36-15-13-32(6,7)14-16-36/h8-12,17-18,29H,13-16,19H2,1-7H3,(H,37,38)/t29-/m0/s1. The Kier molecular flexibility index (Phi) is 8.76. The first-order chi connectivity index (χ1) is 18.8. The van der Waals surface area contributed by atoms with E-state index in [1.165, 1.54) is 0 Å². The molecule has 1 fully saturated rings. The maximum Gasteiger partial charge on any atom is 0.337 e. The van der Waals surface area contributed by atoms with Gasteiger partial charge in [-0.2, -0.15) is 0 Å². The molecule has 7 nitrogen and oxygen atoms in total. The van der Waals surface area contributed by atoms with Gasteiger partial charge in [0.1, 0.15) is 6.61 Å². The summed E-state index contributed by atoms with van der Waals surface area (Å²) in [6, 6.07) is 9.53. The molecule has 0 saturated carbocycles. The second kappa shape index (κ2) is 11.8. The van der Waals surface area contributed by atoms with Gasteiger partial charge in [0.2, 0.25) is 5.88 Å². The number of benzene rings is 1. The van der Waals surface area contributed by atoms with Crippen LogP contribution >= 0.6 is 11.6 Å². The molecule has 1 N–H and O–H groups in total. The average molecular weight is 566 g/mol. The van der Waals surface area contributed by atoms with Gasteiger partial charge in [0, 0.05) is 64.5 Å². The molecular weight excluding hydrogens is 526 g/mol. The van der Waals surface area contributed by atoms with E-state index in [9.17, 15) is 9.90 Å². The molecule has 1 aromatic carbocycles. The lowest BCUT2D eigenvalue weighted by molar-refractivity contribution is -0.160. The quantitative estimate of drug-likeness (QED) is 0.301. The summed E-state index contributed by atoms with van der Waals surface area (Å²) in [5.74, 6) is -0.559. The Morgan fingerprint density at radius 1 is 1.10 bits per heavy atom. The summed E-state index contributed by atoms with van der Waals surface area (Å²) < 4.78 is 12.1. The Balaban J connectivity index is 1.74. The normalized spacial score (nSPS) is 16.1. The van der Waals surface area contributed by atoms with Gasteiger partial charge in [0.15, 0.2) is 6.10 Å². The first-order valence-electron chi connectivity index (χ1n) is 13.7. The third-order valence-corrected chi connectivity index (χ3v) is 7.80. The van der Waals surface area contributed by atoms with Gasteiger partial charge in [0.25, 0.3) is 0 Å². The molecule has 40 heavy (non-hydrogen) atoms. The summed E-state index contributed by atoms with van der Waals surface area (Å²) in [6.45, 7) is 15.9. The van der Waals surface area contributed by atoms with Crippen LogP contribution < -0.4 is 9.64 Å². The van der Waals surface area contributed by atoms with Crippen LogP contribution in [0.3, 0.4) is 0 Å². The maximum atomic E-state index is 12.6. The number of aryl methyl sites for hydroxylation is 2. The van der Waals surface area contributed by atoms with Gasteiger partial charge >= 0.3 is 5.97 Å². The Hall–Kier alpha value is -3.16. The van der Waals surface area contributed by atoms with E-state index in [-0.39, 0.29) is 5.41 Å². The molecular formula is C32H40ClN3O4. The summed E-state index contributed by atoms with van der Waals surface area (Å²) in [4.78, 5) is 24.1. The van der Waals surface area contributed by atoms with Crippen LogP contribution in [-0.2, 0) is 16.1 Å². The van der Waals surface area contributed by atoms with Gasteiger partial charge in [-0.05, 0) is 70.6 Å². The number of piperidine rings is 1. The van der Waals surface area contributed by atoms with Crippen molar-refractivity contribution in [1.82, 2.24) is 9.97 Å². The number of rotatable bonds is 8. The number of halogens is 1. The van der Waals surface area contributed by atoms with Crippen LogP contribution in [0.25, 0.3) is 11.1 Å². The number of hydrogen-bond acceptors (Lipinski definition) is 6. The largest absolute Gasteiger partial charge is 0.479 e. The Bertz CT molecular complexity index is 1340. The van der Waals surface area contributed by atoms with Crippen LogP contribution in [0.15, 0.2) is 42.7 Å². The van der Waals surface area contributed by atoms with E-state index < -0.39 is 17.7 Å². The minimum atomic E-state index is -1.16. The molecule has 0 amide bonds. The highest BCUT2D eigenvalue weighted by Gasteiger charge is 2.35. The highest BCUT2D eigenvalue weighted by Crippen LogP contribution is 2.43. The third kappa shape index (κ3) is 6.94. The molecule has 3 aromatic rings. The summed E-state index contributed by atoms with van der Waals surface area (Å²) >= 11 is 6.36. The molecule has 214 valence electrons. The molecule has 0 unspecified atom stereocenters. The summed E-state index contributed by atoms with van der Waals surface area (Å²) in [5, 5.41) is 11.0. The molecule has 3 heterocycles. The molecule has 0 bridgehead atoms. The highest BCUT2D eigenvalue weighted by atomic mass is 35.5. The minimum absolute atomic E-state index is 0.230. The van der Waals surface area contributed by atoms with E-state index in [2.05, 4.69) is 28.7 Å². The van der Waals surface area contributed by atoms with Crippen LogP contribution in [0.4, 0.5) is 5.69 Å². The third-order valence-electron chi connectivity index (χ3n) is 7.44. The van der Waals surface area contributed by atoms with Crippen LogP contribution in [-0.4, -0.2) is 39.7 Å². The van der Waals surface area contributed by atoms with Gasteiger partial charge in [0.05, 0.1) is 11.3 Å². The molecule has 1 aliphatic heterocycles. The molecule has 1 aliphatic rings. The van der Waals surface area contributed by atoms with Gasteiger partial charge in [-0.1, -0.05) is 37.6 Å². The first kappa shape index (κ1) is 29.8. The number of carboxylic acid groups (broad SMARTS) is 1. The zero-order chi connectivity index (χ0) is 29.2. The summed E-state index contributed by atoms with van der Waals surface area (Å²) in [6.07, 6.45) is 4.40. The lowest BCUT2D eigenvalue weighted by Crippen LogP contribution is -2.39. The zero-order valence-corrected chi connectivity index (χ0v) is 25.3.